The SMILES string of the molecule is O=C(CNC(=O)c1ccccc1O)NCC1CNC(C(=O)N2CCSC2)C1. The summed E-state index contributed by atoms with van der Waals surface area (Å²) < 4.78 is 0. The van der Waals surface area contributed by atoms with E-state index in [9.17, 15) is 19.5 Å². The number of hydrogen-bond acceptors (Lipinski definition) is 6. The first-order valence-corrected chi connectivity index (χ1v) is 10.1. The van der Waals surface area contributed by atoms with Crippen LogP contribution < -0.4 is 16.0 Å². The second kappa shape index (κ2) is 9.09. The number of benzene rings is 1. The molecule has 2 heterocycles. The van der Waals surface area contributed by atoms with Crippen molar-refractivity contribution in [3.63, 3.8) is 0 Å². The fourth-order valence-corrected chi connectivity index (χ4v) is 4.16. The second-order valence-electron chi connectivity index (χ2n) is 6.71. The average Bonchev–Trinajstić information content (AvgIpc) is 3.36. The van der Waals surface area contributed by atoms with Crippen LogP contribution in [0.4, 0.5) is 0 Å². The summed E-state index contributed by atoms with van der Waals surface area (Å²) in [6.07, 6.45) is 0.699. The highest BCUT2D eigenvalue weighted by Crippen LogP contribution is 2.20. The predicted octanol–water partition coefficient (Wildman–Crippen LogP) is -0.251. The molecule has 2 saturated heterocycles. The molecule has 3 amide bonds. The van der Waals surface area contributed by atoms with Crippen molar-refractivity contribution < 1.29 is 19.5 Å². The number of amides is 3. The van der Waals surface area contributed by atoms with Crippen molar-refractivity contribution in [1.82, 2.24) is 20.9 Å². The minimum Gasteiger partial charge on any atom is -0.507 e. The molecule has 1 aromatic carbocycles. The Kier molecular flexibility index (Phi) is 6.57. The minimum atomic E-state index is -0.500. The van der Waals surface area contributed by atoms with Crippen molar-refractivity contribution >= 4 is 29.5 Å². The van der Waals surface area contributed by atoms with Gasteiger partial charge in [-0.1, -0.05) is 12.1 Å². The first kappa shape index (κ1) is 19.5. The van der Waals surface area contributed by atoms with Crippen molar-refractivity contribution in [3.05, 3.63) is 29.8 Å². The topological polar surface area (TPSA) is 111 Å². The number of carbonyl (C=O) groups excluding carboxylic acids is 3. The molecule has 27 heavy (non-hydrogen) atoms. The van der Waals surface area contributed by atoms with Crippen molar-refractivity contribution in [2.24, 2.45) is 5.92 Å². The molecular formula is C18H24N4O4S. The predicted molar refractivity (Wildman–Crippen MR) is 102 cm³/mol. The Hall–Kier alpha value is -2.26. The Bertz CT molecular complexity index is 708. The summed E-state index contributed by atoms with van der Waals surface area (Å²) in [7, 11) is 0. The third kappa shape index (κ3) is 5.14. The van der Waals surface area contributed by atoms with Crippen LogP contribution >= 0.6 is 11.8 Å². The Morgan fingerprint density at radius 1 is 1.26 bits per heavy atom. The standard InChI is InChI=1S/C18H24N4O4S/c23-15-4-2-1-3-13(15)17(25)21-10-16(24)20-9-12-7-14(19-8-12)18(26)22-5-6-27-11-22/h1-4,12,14,19,23H,5-11H2,(H,20,24)(H,21,25). The summed E-state index contributed by atoms with van der Waals surface area (Å²) in [5.41, 5.74) is 0.131. The molecule has 1 aromatic rings. The summed E-state index contributed by atoms with van der Waals surface area (Å²) >= 11 is 1.76. The number of aromatic hydroxyl groups is 1. The first-order chi connectivity index (χ1) is 13.0. The highest BCUT2D eigenvalue weighted by molar-refractivity contribution is 7.99. The number of phenols is 1. The van der Waals surface area contributed by atoms with Gasteiger partial charge in [0, 0.05) is 25.4 Å². The highest BCUT2D eigenvalue weighted by Gasteiger charge is 2.33. The number of nitrogens with one attached hydrogen (secondary N) is 3. The van der Waals surface area contributed by atoms with Crippen LogP contribution in [0.3, 0.4) is 0 Å². The number of carbonyl (C=O) groups is 3. The third-order valence-corrected chi connectivity index (χ3v) is 5.70. The van der Waals surface area contributed by atoms with E-state index in [0.29, 0.717) is 19.5 Å². The van der Waals surface area contributed by atoms with Crippen LogP contribution in [0.5, 0.6) is 5.75 Å². The molecule has 2 aliphatic heterocycles. The van der Waals surface area contributed by atoms with E-state index in [1.165, 1.54) is 12.1 Å². The van der Waals surface area contributed by atoms with Gasteiger partial charge < -0.3 is 26.0 Å². The van der Waals surface area contributed by atoms with Crippen molar-refractivity contribution in [2.45, 2.75) is 12.5 Å². The van der Waals surface area contributed by atoms with Crippen LogP contribution in [0.25, 0.3) is 0 Å². The lowest BCUT2D eigenvalue weighted by Crippen LogP contribution is -2.42. The maximum absolute atomic E-state index is 12.4. The summed E-state index contributed by atoms with van der Waals surface area (Å²) in [6.45, 7) is 1.78. The zero-order chi connectivity index (χ0) is 19.2. The quantitative estimate of drug-likeness (QED) is 0.531. The van der Waals surface area contributed by atoms with Gasteiger partial charge in [0.1, 0.15) is 5.75 Å². The van der Waals surface area contributed by atoms with E-state index in [1.807, 2.05) is 4.90 Å². The normalized spacial score (nSPS) is 21.9. The van der Waals surface area contributed by atoms with E-state index >= 15 is 0 Å². The Labute approximate surface area is 162 Å². The molecule has 0 aliphatic carbocycles. The summed E-state index contributed by atoms with van der Waals surface area (Å²) in [5, 5.41) is 18.2. The molecule has 0 radical (unpaired) electrons. The van der Waals surface area contributed by atoms with Crippen LogP contribution in [0.2, 0.25) is 0 Å². The maximum atomic E-state index is 12.4. The fourth-order valence-electron chi connectivity index (χ4n) is 3.20. The molecule has 0 saturated carbocycles. The van der Waals surface area contributed by atoms with Crippen molar-refractivity contribution in [1.29, 1.82) is 0 Å². The summed E-state index contributed by atoms with van der Waals surface area (Å²) in [6, 6.07) is 5.99. The zero-order valence-electron chi connectivity index (χ0n) is 14.9. The van der Waals surface area contributed by atoms with Gasteiger partial charge in [0.15, 0.2) is 0 Å². The second-order valence-corrected chi connectivity index (χ2v) is 7.78. The van der Waals surface area contributed by atoms with Crippen LogP contribution in [-0.4, -0.2) is 71.6 Å². The number of thioether (sulfide) groups is 1. The largest absolute Gasteiger partial charge is 0.507 e. The van der Waals surface area contributed by atoms with E-state index < -0.39 is 5.91 Å². The number of nitrogens with zero attached hydrogens (tertiary/aromatic N) is 1. The molecule has 3 rings (SSSR count). The van der Waals surface area contributed by atoms with Gasteiger partial charge in [0.05, 0.1) is 24.0 Å². The van der Waals surface area contributed by atoms with E-state index in [4.69, 9.17) is 0 Å². The van der Waals surface area contributed by atoms with Gasteiger partial charge in [-0.15, -0.1) is 11.8 Å². The van der Waals surface area contributed by atoms with E-state index in [2.05, 4.69) is 16.0 Å². The van der Waals surface area contributed by atoms with Gasteiger partial charge in [-0.3, -0.25) is 14.4 Å². The van der Waals surface area contributed by atoms with Crippen molar-refractivity contribution in [3.8, 4) is 5.75 Å². The molecule has 4 N–H and O–H groups in total. The van der Waals surface area contributed by atoms with Crippen LogP contribution in [0, 0.1) is 5.92 Å². The molecule has 0 bridgehead atoms. The molecule has 2 fully saturated rings. The molecular weight excluding hydrogens is 368 g/mol. The van der Waals surface area contributed by atoms with Gasteiger partial charge in [-0.2, -0.15) is 0 Å². The zero-order valence-corrected chi connectivity index (χ0v) is 15.8. The summed E-state index contributed by atoms with van der Waals surface area (Å²) in [4.78, 5) is 38.2. The van der Waals surface area contributed by atoms with Crippen molar-refractivity contribution in [2.75, 3.05) is 37.8 Å². The van der Waals surface area contributed by atoms with Gasteiger partial charge in [-0.05, 0) is 24.5 Å². The Morgan fingerprint density at radius 2 is 2.07 bits per heavy atom. The number of phenolic OH excluding ortho intramolecular Hbond substituents is 1. The smallest absolute Gasteiger partial charge is 0.255 e. The van der Waals surface area contributed by atoms with Crippen LogP contribution in [0.15, 0.2) is 24.3 Å². The molecule has 0 spiro atoms. The Morgan fingerprint density at radius 3 is 2.81 bits per heavy atom. The molecule has 9 heteroatoms. The summed E-state index contributed by atoms with van der Waals surface area (Å²) in [5.74, 6) is 1.15. The van der Waals surface area contributed by atoms with Gasteiger partial charge in [0.25, 0.3) is 5.91 Å². The molecule has 2 atom stereocenters. The van der Waals surface area contributed by atoms with Crippen LogP contribution in [-0.2, 0) is 9.59 Å². The van der Waals surface area contributed by atoms with Gasteiger partial charge in [-0.25, -0.2) is 0 Å². The number of para-hydroxylation sites is 1. The number of hydrogen-bond donors (Lipinski definition) is 4. The van der Waals surface area contributed by atoms with Gasteiger partial charge >= 0.3 is 0 Å². The minimum absolute atomic E-state index is 0.125. The van der Waals surface area contributed by atoms with Crippen LogP contribution in [0.1, 0.15) is 16.8 Å². The Balaban J connectivity index is 1.36. The fraction of sp³-hybridized carbons (Fsp3) is 0.500. The lowest BCUT2D eigenvalue weighted by Gasteiger charge is -2.19. The molecule has 146 valence electrons. The molecule has 8 nitrogen and oxygen atoms in total. The molecule has 2 aliphatic rings. The maximum Gasteiger partial charge on any atom is 0.255 e. The number of rotatable bonds is 6. The average molecular weight is 392 g/mol. The third-order valence-electron chi connectivity index (χ3n) is 4.73. The van der Waals surface area contributed by atoms with Gasteiger partial charge in [0.2, 0.25) is 11.8 Å². The van der Waals surface area contributed by atoms with E-state index in [-0.39, 0.29) is 41.6 Å². The lowest BCUT2D eigenvalue weighted by atomic mass is 10.0. The lowest BCUT2D eigenvalue weighted by molar-refractivity contribution is -0.131. The monoisotopic (exact) mass is 392 g/mol. The van der Waals surface area contributed by atoms with E-state index in [1.54, 1.807) is 23.9 Å². The highest BCUT2D eigenvalue weighted by atomic mass is 32.2. The molecule has 2 unspecified atom stereocenters. The molecule has 0 aromatic heterocycles. The van der Waals surface area contributed by atoms with E-state index in [0.717, 1.165) is 18.2 Å². The first-order valence-electron chi connectivity index (χ1n) is 8.97.